The molecule has 0 aliphatic carbocycles. The minimum atomic E-state index is -0.669. The summed E-state index contributed by atoms with van der Waals surface area (Å²) in [4.78, 5) is 41.0. The van der Waals surface area contributed by atoms with Crippen LogP contribution in [0.1, 0.15) is 39.7 Å². The first-order valence-corrected chi connectivity index (χ1v) is 11.5. The average Bonchev–Trinajstić information content (AvgIpc) is 3.35. The van der Waals surface area contributed by atoms with Crippen LogP contribution in [0.4, 0.5) is 15.8 Å². The van der Waals surface area contributed by atoms with Crippen LogP contribution in [-0.2, 0) is 9.59 Å². The SMILES string of the molecule is CNC(=O)c1cc(NC(=O)C2CCC(=O)N(c3ccc(C)cc3)C2c2cccs2)ccc1F. The molecule has 2 aromatic carbocycles. The Morgan fingerprint density at radius 2 is 1.88 bits per heavy atom. The fourth-order valence-electron chi connectivity index (χ4n) is 4.11. The monoisotopic (exact) mass is 465 g/mol. The second kappa shape index (κ2) is 9.54. The lowest BCUT2D eigenvalue weighted by Gasteiger charge is -2.40. The third kappa shape index (κ3) is 4.66. The summed E-state index contributed by atoms with van der Waals surface area (Å²) in [6.07, 6.45) is 0.625. The zero-order valence-electron chi connectivity index (χ0n) is 18.3. The molecule has 4 rings (SSSR count). The van der Waals surface area contributed by atoms with E-state index in [9.17, 15) is 18.8 Å². The maximum absolute atomic E-state index is 14.0. The lowest BCUT2D eigenvalue weighted by molar-refractivity contribution is -0.125. The van der Waals surface area contributed by atoms with Crippen LogP contribution < -0.4 is 15.5 Å². The summed E-state index contributed by atoms with van der Waals surface area (Å²) in [5.74, 6) is -2.08. The summed E-state index contributed by atoms with van der Waals surface area (Å²) in [5, 5.41) is 7.14. The van der Waals surface area contributed by atoms with E-state index in [1.54, 1.807) is 4.90 Å². The minimum Gasteiger partial charge on any atom is -0.355 e. The van der Waals surface area contributed by atoms with Gasteiger partial charge in [0.2, 0.25) is 11.8 Å². The van der Waals surface area contributed by atoms with E-state index in [0.717, 1.165) is 22.2 Å². The number of anilines is 2. The van der Waals surface area contributed by atoms with Crippen LogP contribution in [0.2, 0.25) is 0 Å². The molecule has 2 unspecified atom stereocenters. The topological polar surface area (TPSA) is 78.5 Å². The highest BCUT2D eigenvalue weighted by atomic mass is 32.1. The highest BCUT2D eigenvalue weighted by Gasteiger charge is 2.42. The van der Waals surface area contributed by atoms with Crippen LogP contribution >= 0.6 is 11.3 Å². The van der Waals surface area contributed by atoms with Gasteiger partial charge in [-0.2, -0.15) is 0 Å². The first-order valence-electron chi connectivity index (χ1n) is 10.6. The number of benzene rings is 2. The molecule has 1 saturated heterocycles. The van der Waals surface area contributed by atoms with Crippen molar-refractivity contribution >= 4 is 40.4 Å². The molecule has 170 valence electrons. The normalized spacial score (nSPS) is 18.2. The second-order valence-corrected chi connectivity index (χ2v) is 8.95. The predicted molar refractivity (Wildman–Crippen MR) is 127 cm³/mol. The van der Waals surface area contributed by atoms with Gasteiger partial charge in [0.05, 0.1) is 17.5 Å². The number of carbonyl (C=O) groups is 3. The minimum absolute atomic E-state index is 0.0370. The van der Waals surface area contributed by atoms with Crippen LogP contribution in [0.5, 0.6) is 0 Å². The molecule has 1 fully saturated rings. The maximum atomic E-state index is 14.0. The van der Waals surface area contributed by atoms with E-state index in [2.05, 4.69) is 10.6 Å². The Labute approximate surface area is 195 Å². The smallest absolute Gasteiger partial charge is 0.254 e. The van der Waals surface area contributed by atoms with Crippen LogP contribution in [-0.4, -0.2) is 24.8 Å². The van der Waals surface area contributed by atoms with E-state index in [1.165, 1.54) is 30.5 Å². The molecule has 1 aliphatic heterocycles. The Bertz CT molecular complexity index is 1180. The van der Waals surface area contributed by atoms with Gasteiger partial charge in [-0.1, -0.05) is 23.8 Å². The number of hydrogen-bond donors (Lipinski definition) is 2. The average molecular weight is 466 g/mol. The Hall–Kier alpha value is -3.52. The van der Waals surface area contributed by atoms with Crippen LogP contribution in [0.3, 0.4) is 0 Å². The molecule has 8 heteroatoms. The van der Waals surface area contributed by atoms with E-state index in [0.29, 0.717) is 12.1 Å². The summed E-state index contributed by atoms with van der Waals surface area (Å²) in [7, 11) is 1.41. The molecule has 0 bridgehead atoms. The summed E-state index contributed by atoms with van der Waals surface area (Å²) in [6, 6.07) is 14.9. The first-order chi connectivity index (χ1) is 15.9. The van der Waals surface area contributed by atoms with Gasteiger partial charge >= 0.3 is 0 Å². The van der Waals surface area contributed by atoms with Gasteiger partial charge in [0, 0.05) is 29.7 Å². The predicted octanol–water partition coefficient (Wildman–Crippen LogP) is 4.68. The van der Waals surface area contributed by atoms with Crippen LogP contribution in [0.15, 0.2) is 60.0 Å². The van der Waals surface area contributed by atoms with Gasteiger partial charge in [0.1, 0.15) is 5.82 Å². The number of nitrogens with zero attached hydrogens (tertiary/aromatic N) is 1. The van der Waals surface area contributed by atoms with E-state index in [1.807, 2.05) is 48.7 Å². The Morgan fingerprint density at radius 3 is 2.55 bits per heavy atom. The third-order valence-corrected chi connectivity index (χ3v) is 6.73. The highest BCUT2D eigenvalue weighted by Crippen LogP contribution is 2.42. The number of nitrogens with one attached hydrogen (secondary N) is 2. The van der Waals surface area contributed by atoms with E-state index in [4.69, 9.17) is 0 Å². The van der Waals surface area contributed by atoms with Crippen molar-refractivity contribution in [2.75, 3.05) is 17.3 Å². The Morgan fingerprint density at radius 1 is 1.12 bits per heavy atom. The zero-order valence-corrected chi connectivity index (χ0v) is 19.1. The Kier molecular flexibility index (Phi) is 6.55. The molecule has 3 amide bonds. The maximum Gasteiger partial charge on any atom is 0.254 e. The molecule has 1 aromatic heterocycles. The van der Waals surface area contributed by atoms with Crippen molar-refractivity contribution in [3.8, 4) is 0 Å². The molecule has 2 heterocycles. The number of piperidine rings is 1. The van der Waals surface area contributed by atoms with Gasteiger partial charge in [-0.15, -0.1) is 11.3 Å². The lowest BCUT2D eigenvalue weighted by Crippen LogP contribution is -2.46. The molecule has 1 aliphatic rings. The Balaban J connectivity index is 1.67. The molecule has 0 saturated carbocycles. The molecule has 0 spiro atoms. The number of hydrogen-bond acceptors (Lipinski definition) is 4. The van der Waals surface area contributed by atoms with Crippen molar-refractivity contribution in [2.24, 2.45) is 5.92 Å². The summed E-state index contributed by atoms with van der Waals surface area (Å²) < 4.78 is 14.0. The molecule has 6 nitrogen and oxygen atoms in total. The van der Waals surface area contributed by atoms with E-state index < -0.39 is 23.7 Å². The number of amides is 3. The van der Waals surface area contributed by atoms with Gasteiger partial charge in [-0.25, -0.2) is 4.39 Å². The van der Waals surface area contributed by atoms with Crippen LogP contribution in [0.25, 0.3) is 0 Å². The molecule has 2 atom stereocenters. The van der Waals surface area contributed by atoms with E-state index in [-0.39, 0.29) is 23.8 Å². The molecule has 33 heavy (non-hydrogen) atoms. The number of aryl methyl sites for hydroxylation is 1. The summed E-state index contributed by atoms with van der Waals surface area (Å²) in [5.41, 5.74) is 1.99. The van der Waals surface area contributed by atoms with Crippen molar-refractivity contribution in [2.45, 2.75) is 25.8 Å². The van der Waals surface area contributed by atoms with Gasteiger partial charge in [-0.05, 0) is 55.1 Å². The fraction of sp³-hybridized carbons (Fsp3) is 0.240. The summed E-state index contributed by atoms with van der Waals surface area (Å²) in [6.45, 7) is 1.98. The first kappa shape index (κ1) is 22.7. The summed E-state index contributed by atoms with van der Waals surface area (Å²) >= 11 is 1.50. The number of thiophene rings is 1. The van der Waals surface area contributed by atoms with Gasteiger partial charge in [0.25, 0.3) is 5.91 Å². The molecule has 3 aromatic rings. The quantitative estimate of drug-likeness (QED) is 0.574. The highest BCUT2D eigenvalue weighted by molar-refractivity contribution is 7.10. The lowest BCUT2D eigenvalue weighted by atomic mass is 9.86. The number of halogens is 1. The van der Waals surface area contributed by atoms with Crippen molar-refractivity contribution < 1.29 is 18.8 Å². The largest absolute Gasteiger partial charge is 0.355 e. The number of rotatable bonds is 5. The zero-order chi connectivity index (χ0) is 23.5. The van der Waals surface area contributed by atoms with Crippen molar-refractivity contribution in [1.29, 1.82) is 0 Å². The van der Waals surface area contributed by atoms with E-state index >= 15 is 0 Å². The fourth-order valence-corrected chi connectivity index (χ4v) is 4.99. The molecular formula is C25H24FN3O3S. The molecule has 0 radical (unpaired) electrons. The van der Waals surface area contributed by atoms with Crippen LogP contribution in [0, 0.1) is 18.7 Å². The van der Waals surface area contributed by atoms with Crippen molar-refractivity contribution in [3.05, 3.63) is 81.8 Å². The molecule has 2 N–H and O–H groups in total. The van der Waals surface area contributed by atoms with Crippen molar-refractivity contribution in [1.82, 2.24) is 5.32 Å². The standard InChI is InChI=1S/C25H24FN3O3S/c1-15-5-8-17(9-6-15)29-22(30)12-10-18(23(29)21-4-3-13-33-21)25(32)28-16-7-11-20(26)19(14-16)24(31)27-2/h3-9,11,13-14,18,23H,10,12H2,1-2H3,(H,27,31)(H,28,32). The molecular weight excluding hydrogens is 441 g/mol. The second-order valence-electron chi connectivity index (χ2n) is 7.97. The van der Waals surface area contributed by atoms with Gasteiger partial charge in [0.15, 0.2) is 0 Å². The van der Waals surface area contributed by atoms with Gasteiger partial charge in [-0.3, -0.25) is 14.4 Å². The van der Waals surface area contributed by atoms with Crippen molar-refractivity contribution in [3.63, 3.8) is 0 Å². The number of carbonyl (C=O) groups excluding carboxylic acids is 3. The van der Waals surface area contributed by atoms with Gasteiger partial charge < -0.3 is 15.5 Å². The third-order valence-electron chi connectivity index (χ3n) is 5.79.